The highest BCUT2D eigenvalue weighted by Crippen LogP contribution is 2.48. The van der Waals surface area contributed by atoms with Gasteiger partial charge in [0, 0.05) is 66.9 Å². The zero-order valence-corrected chi connectivity index (χ0v) is 42.1. The molecule has 0 saturated carbocycles. The van der Waals surface area contributed by atoms with E-state index in [1.54, 1.807) is 22.7 Å². The summed E-state index contributed by atoms with van der Waals surface area (Å²) in [5.74, 6) is 0.373. The van der Waals surface area contributed by atoms with Gasteiger partial charge in [0.25, 0.3) is 0 Å². The summed E-state index contributed by atoms with van der Waals surface area (Å²) in [5, 5.41) is 45.2. The molecular formula is C52H78N6O5S2. The van der Waals surface area contributed by atoms with Crippen LogP contribution in [0.1, 0.15) is 142 Å². The predicted octanol–water partition coefficient (Wildman–Crippen LogP) is 8.48. The summed E-state index contributed by atoms with van der Waals surface area (Å²) in [6.45, 7) is 23.4. The van der Waals surface area contributed by atoms with E-state index in [4.69, 9.17) is 31.0 Å². The monoisotopic (exact) mass is 931 g/mol. The summed E-state index contributed by atoms with van der Waals surface area (Å²) < 4.78 is 0. The van der Waals surface area contributed by atoms with Gasteiger partial charge in [-0.3, -0.25) is 4.79 Å². The average Bonchev–Trinajstić information content (AvgIpc) is 4.00. The number of carbonyl (C=O) groups excluding carboxylic acids is 1. The van der Waals surface area contributed by atoms with Gasteiger partial charge < -0.3 is 41.3 Å². The van der Waals surface area contributed by atoms with Crippen LogP contribution in [0.2, 0.25) is 0 Å². The number of piperidine rings is 2. The molecule has 0 amide bonds. The van der Waals surface area contributed by atoms with Crippen LogP contribution in [0.25, 0.3) is 22.5 Å². The maximum Gasteiger partial charge on any atom is 0.185 e. The molecule has 2 atom stereocenters. The number of aliphatic hydroxyl groups excluding tert-OH is 4. The van der Waals surface area contributed by atoms with Crippen LogP contribution < -0.4 is 20.9 Å². The molecule has 0 radical (unpaired) electrons. The van der Waals surface area contributed by atoms with E-state index in [0.29, 0.717) is 44.1 Å². The molecule has 13 heteroatoms. The first-order valence-electron chi connectivity index (χ1n) is 24.0. The maximum atomic E-state index is 11.5. The molecule has 0 unspecified atom stereocenters. The lowest BCUT2D eigenvalue weighted by Gasteiger charge is -2.42. The van der Waals surface area contributed by atoms with Gasteiger partial charge in [-0.05, 0) is 121 Å². The van der Waals surface area contributed by atoms with E-state index >= 15 is 0 Å². The molecule has 4 heterocycles. The first-order valence-corrected chi connectivity index (χ1v) is 25.8. The van der Waals surface area contributed by atoms with E-state index < -0.39 is 12.2 Å². The molecule has 2 fully saturated rings. The maximum absolute atomic E-state index is 11.5. The molecule has 358 valence electrons. The number of ketones is 1. The fraction of sp³-hybridized carbons (Fsp3) is 0.635. The highest BCUT2D eigenvalue weighted by molar-refractivity contribution is 7.14. The summed E-state index contributed by atoms with van der Waals surface area (Å²) in [4.78, 5) is 26.0. The molecule has 2 aromatic carbocycles. The zero-order chi connectivity index (χ0) is 47.2. The molecular weight excluding hydrogens is 853 g/mol. The van der Waals surface area contributed by atoms with Crippen LogP contribution in [0.3, 0.4) is 0 Å². The lowest BCUT2D eigenvalue weighted by Crippen LogP contribution is -2.43. The molecule has 11 nitrogen and oxygen atoms in total. The highest BCUT2D eigenvalue weighted by Gasteiger charge is 2.38. The Bertz CT molecular complexity index is 2160. The Labute approximate surface area is 396 Å². The lowest BCUT2D eigenvalue weighted by atomic mass is 9.63. The average molecular weight is 931 g/mol. The number of hydrogen-bond donors (Lipinski definition) is 6. The minimum absolute atomic E-state index is 0.161. The highest BCUT2D eigenvalue weighted by atomic mass is 32.1. The van der Waals surface area contributed by atoms with Crippen molar-refractivity contribution in [2.24, 2.45) is 5.73 Å². The number of thiazole rings is 2. The number of rotatable bonds is 12. The second-order valence-corrected chi connectivity index (χ2v) is 23.0. The fourth-order valence-electron chi connectivity index (χ4n) is 9.63. The van der Waals surface area contributed by atoms with Crippen LogP contribution in [-0.4, -0.2) is 107 Å². The Morgan fingerprint density at radius 1 is 0.662 bits per heavy atom. The van der Waals surface area contributed by atoms with Crippen molar-refractivity contribution in [3.05, 3.63) is 69.4 Å². The van der Waals surface area contributed by atoms with E-state index in [2.05, 4.69) is 118 Å². The topological polar surface area (TPSA) is 168 Å². The third-order valence-electron chi connectivity index (χ3n) is 14.5. The van der Waals surface area contributed by atoms with Gasteiger partial charge in [-0.25, -0.2) is 9.97 Å². The van der Waals surface area contributed by atoms with Gasteiger partial charge in [-0.2, -0.15) is 0 Å². The third kappa shape index (κ3) is 12.8. The third-order valence-corrected chi connectivity index (χ3v) is 16.3. The lowest BCUT2D eigenvalue weighted by molar-refractivity contribution is -0.119. The Hall–Kier alpha value is -3.27. The molecule has 2 aliphatic carbocycles. The summed E-state index contributed by atoms with van der Waals surface area (Å²) in [6.07, 6.45) is 8.22. The summed E-state index contributed by atoms with van der Waals surface area (Å²) >= 11 is 3.44. The molecule has 4 aromatic rings. The largest absolute Gasteiger partial charge is 0.394 e. The van der Waals surface area contributed by atoms with E-state index in [1.165, 1.54) is 59.1 Å². The van der Waals surface area contributed by atoms with E-state index in [0.717, 1.165) is 67.2 Å². The van der Waals surface area contributed by atoms with Gasteiger partial charge in [-0.1, -0.05) is 79.7 Å². The van der Waals surface area contributed by atoms with Gasteiger partial charge in [0.2, 0.25) is 0 Å². The number of benzene rings is 2. The van der Waals surface area contributed by atoms with E-state index in [9.17, 15) is 9.90 Å². The molecule has 4 aliphatic rings. The van der Waals surface area contributed by atoms with E-state index in [-0.39, 0.29) is 34.9 Å². The van der Waals surface area contributed by atoms with E-state index in [1.807, 2.05) is 0 Å². The zero-order valence-electron chi connectivity index (χ0n) is 40.5. The molecule has 0 spiro atoms. The molecule has 8 rings (SSSR count). The number of aliphatic hydroxyl groups is 4. The van der Waals surface area contributed by atoms with Gasteiger partial charge >= 0.3 is 0 Å². The minimum atomic E-state index is -0.620. The first-order chi connectivity index (χ1) is 30.8. The minimum Gasteiger partial charge on any atom is -0.394 e. The molecule has 2 saturated heterocycles. The van der Waals surface area contributed by atoms with Crippen LogP contribution in [0.4, 0.5) is 10.3 Å². The van der Waals surface area contributed by atoms with Crippen LogP contribution in [0.5, 0.6) is 0 Å². The number of fused-ring (bicyclic) bond motifs is 2. The molecule has 2 aliphatic heterocycles. The van der Waals surface area contributed by atoms with Crippen molar-refractivity contribution in [3.8, 4) is 22.5 Å². The normalized spacial score (nSPS) is 20.7. The standard InChI is InChI=1S/C26H39N3O2S.C22H28N2OS.C4H11NO2/c1-25(2)10-11-26(3,4)22-15-18(5-6-21(22)25)23-17-32-24(28-23)29-13-8-19(9-14-29)27-12-7-20(31)16-30;1-21(2)9-10-22(3,4)18-13-15(5-6-17(18)21)19-14-26-20(23-19)24-11-7-16(25)8-12-24;5-2-1-4(7)3-6/h5-6,15,17,19-20,27,30-31H,7-14,16H2,1-4H3;5-6,13-14H,7-12H2,1-4H3;4,6-7H,1-3,5H2/t20-;;4-/m1.1/s1. The van der Waals surface area contributed by atoms with Crippen molar-refractivity contribution in [1.82, 2.24) is 15.3 Å². The fourth-order valence-corrected chi connectivity index (χ4v) is 11.4. The number of nitrogens with one attached hydrogen (secondary N) is 1. The molecule has 0 bridgehead atoms. The Morgan fingerprint density at radius 3 is 1.49 bits per heavy atom. The van der Waals surface area contributed by atoms with Crippen LogP contribution in [0.15, 0.2) is 47.2 Å². The summed E-state index contributed by atoms with van der Waals surface area (Å²) in [7, 11) is 0. The summed E-state index contributed by atoms with van der Waals surface area (Å²) in [5.41, 5.74) is 16.5. The summed E-state index contributed by atoms with van der Waals surface area (Å²) in [6, 6.07) is 14.4. The van der Waals surface area contributed by atoms with Crippen molar-refractivity contribution in [2.45, 2.75) is 160 Å². The van der Waals surface area contributed by atoms with Gasteiger partial charge in [0.1, 0.15) is 5.78 Å². The Kier molecular flexibility index (Phi) is 17.1. The van der Waals surface area contributed by atoms with Crippen molar-refractivity contribution in [2.75, 3.05) is 62.3 Å². The molecule has 2 aromatic heterocycles. The molecule has 65 heavy (non-hydrogen) atoms. The van der Waals surface area contributed by atoms with Gasteiger partial charge in [-0.15, -0.1) is 22.7 Å². The SMILES string of the molecule is CC1(C)CCC(C)(C)c2cc(-c3csc(N4CCC(=O)CC4)n3)ccc21.CC1(C)CCC(C)(C)c2cc(-c3csc(N4CCC(NCC[C@@H](O)CO)CC4)n3)ccc21.NCC[C@@H](O)CO. The second-order valence-electron chi connectivity index (χ2n) is 21.4. The van der Waals surface area contributed by atoms with Crippen molar-refractivity contribution < 1.29 is 25.2 Å². The van der Waals surface area contributed by atoms with Crippen LogP contribution >= 0.6 is 22.7 Å². The van der Waals surface area contributed by atoms with Crippen molar-refractivity contribution in [3.63, 3.8) is 0 Å². The Balaban J connectivity index is 0.000000191. The van der Waals surface area contributed by atoms with Crippen LogP contribution in [0, 0.1) is 0 Å². The number of aromatic nitrogens is 2. The quantitative estimate of drug-likeness (QED) is 0.0807. The number of hydrogen-bond acceptors (Lipinski definition) is 13. The van der Waals surface area contributed by atoms with Crippen molar-refractivity contribution in [1.29, 1.82) is 0 Å². The Morgan fingerprint density at radius 2 is 1.08 bits per heavy atom. The van der Waals surface area contributed by atoms with Crippen molar-refractivity contribution >= 4 is 38.7 Å². The smallest absolute Gasteiger partial charge is 0.185 e. The van der Waals surface area contributed by atoms with Gasteiger partial charge in [0.15, 0.2) is 10.3 Å². The second kappa shape index (κ2) is 21.8. The van der Waals surface area contributed by atoms with Gasteiger partial charge in [0.05, 0.1) is 36.8 Å². The number of carbonyl (C=O) groups is 1. The first kappa shape index (κ1) is 51.1. The number of nitrogens with two attached hydrogens (primary N) is 1. The number of Topliss-reactive ketones (excluding diaryl/α,β-unsaturated/α-hetero) is 1. The van der Waals surface area contributed by atoms with Crippen LogP contribution in [-0.2, 0) is 26.5 Å². The number of nitrogens with zero attached hydrogens (tertiary/aromatic N) is 4. The predicted molar refractivity (Wildman–Crippen MR) is 270 cm³/mol. The molecule has 7 N–H and O–H groups in total. The number of anilines is 2.